The van der Waals surface area contributed by atoms with E-state index >= 15 is 0 Å². The summed E-state index contributed by atoms with van der Waals surface area (Å²) in [5.74, 6) is -1.59. The van der Waals surface area contributed by atoms with Gasteiger partial charge in [-0.3, -0.25) is 0 Å². The molecule has 26 heavy (non-hydrogen) atoms. The molecule has 7 nitrogen and oxygen atoms in total. The summed E-state index contributed by atoms with van der Waals surface area (Å²) in [4.78, 5) is 31.4. The number of halogens is 1. The zero-order chi connectivity index (χ0) is 18.7. The van der Waals surface area contributed by atoms with E-state index in [1.54, 1.807) is 38.1 Å². The van der Waals surface area contributed by atoms with Gasteiger partial charge in [-0.05, 0) is 38.5 Å². The molecule has 0 aromatic heterocycles. The molecule has 1 aromatic rings. The first-order valence-corrected chi connectivity index (χ1v) is 9.09. The molecule has 2 fully saturated rings. The van der Waals surface area contributed by atoms with Crippen LogP contribution in [0.3, 0.4) is 0 Å². The van der Waals surface area contributed by atoms with Crippen LogP contribution in [0.1, 0.15) is 26.7 Å². The van der Waals surface area contributed by atoms with Gasteiger partial charge in [0.25, 0.3) is 5.60 Å². The SMILES string of the molecule is CCOC(=O)C1(C(=O)OCC)CC2CCOC2N(c2cccc(Cl)c2)O1. The minimum atomic E-state index is -1.86. The normalized spacial score (nSPS) is 24.0. The molecule has 0 N–H and O–H groups in total. The minimum Gasteiger partial charge on any atom is -0.463 e. The largest absolute Gasteiger partial charge is 0.463 e. The van der Waals surface area contributed by atoms with E-state index in [0.717, 1.165) is 0 Å². The molecular formula is C18H22ClNO6. The van der Waals surface area contributed by atoms with Gasteiger partial charge in [0.2, 0.25) is 0 Å². The molecule has 142 valence electrons. The maximum atomic E-state index is 12.7. The average Bonchev–Trinajstić information content (AvgIpc) is 3.09. The Hall–Kier alpha value is -1.83. The number of ether oxygens (including phenoxy) is 3. The van der Waals surface area contributed by atoms with Crippen molar-refractivity contribution in [1.82, 2.24) is 0 Å². The molecule has 0 saturated carbocycles. The second-order valence-corrected chi connectivity index (χ2v) is 6.62. The number of esters is 2. The monoisotopic (exact) mass is 383 g/mol. The Morgan fingerprint density at radius 1 is 1.27 bits per heavy atom. The van der Waals surface area contributed by atoms with Crippen LogP contribution in [0.25, 0.3) is 0 Å². The van der Waals surface area contributed by atoms with E-state index in [0.29, 0.717) is 23.7 Å². The van der Waals surface area contributed by atoms with Crippen molar-refractivity contribution in [1.29, 1.82) is 0 Å². The van der Waals surface area contributed by atoms with E-state index in [1.807, 2.05) is 0 Å². The molecule has 0 amide bonds. The first kappa shape index (κ1) is 18.9. The summed E-state index contributed by atoms with van der Waals surface area (Å²) in [5, 5.41) is 1.95. The van der Waals surface area contributed by atoms with E-state index in [9.17, 15) is 9.59 Å². The van der Waals surface area contributed by atoms with Gasteiger partial charge in [-0.25, -0.2) is 19.5 Å². The topological polar surface area (TPSA) is 74.3 Å². The lowest BCUT2D eigenvalue weighted by atomic mass is 9.86. The second-order valence-electron chi connectivity index (χ2n) is 6.18. The zero-order valence-electron chi connectivity index (χ0n) is 14.8. The van der Waals surface area contributed by atoms with Crippen molar-refractivity contribution in [2.24, 2.45) is 5.92 Å². The third kappa shape index (κ3) is 3.39. The van der Waals surface area contributed by atoms with Gasteiger partial charge < -0.3 is 14.2 Å². The first-order valence-electron chi connectivity index (χ1n) is 8.71. The molecule has 2 atom stereocenters. The first-order chi connectivity index (χ1) is 12.5. The third-order valence-corrected chi connectivity index (χ3v) is 4.72. The maximum absolute atomic E-state index is 12.7. The lowest BCUT2D eigenvalue weighted by Gasteiger charge is -2.44. The summed E-state index contributed by atoms with van der Waals surface area (Å²) in [6.07, 6.45) is 0.434. The minimum absolute atomic E-state index is 0.0865. The Morgan fingerprint density at radius 3 is 2.58 bits per heavy atom. The molecule has 2 heterocycles. The third-order valence-electron chi connectivity index (χ3n) is 4.49. The molecule has 2 unspecified atom stereocenters. The highest BCUT2D eigenvalue weighted by molar-refractivity contribution is 6.30. The van der Waals surface area contributed by atoms with Crippen LogP contribution in [0, 0.1) is 5.92 Å². The Balaban J connectivity index is 2.02. The van der Waals surface area contributed by atoms with Crippen molar-refractivity contribution in [2.75, 3.05) is 24.9 Å². The van der Waals surface area contributed by atoms with Gasteiger partial charge in [-0.15, -0.1) is 0 Å². The molecule has 1 aromatic carbocycles. The number of fused-ring (bicyclic) bond motifs is 1. The Morgan fingerprint density at radius 2 is 1.96 bits per heavy atom. The lowest BCUT2D eigenvalue weighted by Crippen LogP contribution is -2.62. The van der Waals surface area contributed by atoms with Crippen LogP contribution >= 0.6 is 11.6 Å². The number of hydrogen-bond acceptors (Lipinski definition) is 7. The van der Waals surface area contributed by atoms with Crippen molar-refractivity contribution in [3.05, 3.63) is 29.3 Å². The summed E-state index contributed by atoms with van der Waals surface area (Å²) in [6.45, 7) is 4.12. The lowest BCUT2D eigenvalue weighted by molar-refractivity contribution is -0.212. The second kappa shape index (κ2) is 7.82. The average molecular weight is 384 g/mol. The molecule has 2 saturated heterocycles. The van der Waals surface area contributed by atoms with Crippen LogP contribution in [-0.2, 0) is 28.6 Å². The fourth-order valence-electron chi connectivity index (χ4n) is 3.34. The maximum Gasteiger partial charge on any atom is 0.353 e. The smallest absolute Gasteiger partial charge is 0.353 e. The fraction of sp³-hybridized carbons (Fsp3) is 0.556. The Labute approximate surface area is 157 Å². The van der Waals surface area contributed by atoms with Crippen molar-refractivity contribution in [2.45, 2.75) is 38.5 Å². The van der Waals surface area contributed by atoms with Crippen molar-refractivity contribution in [3.8, 4) is 0 Å². The van der Waals surface area contributed by atoms with Crippen molar-refractivity contribution < 1.29 is 28.6 Å². The number of nitrogens with zero attached hydrogens (tertiary/aromatic N) is 1. The van der Waals surface area contributed by atoms with Crippen LogP contribution in [0.5, 0.6) is 0 Å². The van der Waals surface area contributed by atoms with Crippen LogP contribution in [0.2, 0.25) is 5.02 Å². The van der Waals surface area contributed by atoms with Crippen LogP contribution in [0.15, 0.2) is 24.3 Å². The van der Waals surface area contributed by atoms with Gasteiger partial charge in [-0.1, -0.05) is 17.7 Å². The van der Waals surface area contributed by atoms with E-state index in [-0.39, 0.29) is 25.6 Å². The fourth-order valence-corrected chi connectivity index (χ4v) is 3.52. The number of anilines is 1. The van der Waals surface area contributed by atoms with Gasteiger partial charge in [0, 0.05) is 24.0 Å². The van der Waals surface area contributed by atoms with Gasteiger partial charge >= 0.3 is 11.9 Å². The number of hydrogen-bond donors (Lipinski definition) is 0. The standard InChI is InChI=1S/C18H22ClNO6/c1-3-23-16(21)18(17(22)24-4-2)11-12-8-9-25-15(12)20(26-18)14-7-5-6-13(19)10-14/h5-7,10,12,15H,3-4,8-9,11H2,1-2H3. The van der Waals surface area contributed by atoms with Gasteiger partial charge in [0.05, 0.1) is 18.9 Å². The van der Waals surface area contributed by atoms with E-state index in [4.69, 9.17) is 30.6 Å². The van der Waals surface area contributed by atoms with Crippen molar-refractivity contribution in [3.63, 3.8) is 0 Å². The quantitative estimate of drug-likeness (QED) is 0.571. The van der Waals surface area contributed by atoms with Gasteiger partial charge in [-0.2, -0.15) is 0 Å². The number of hydroxylamine groups is 1. The van der Waals surface area contributed by atoms with Crippen LogP contribution in [0.4, 0.5) is 5.69 Å². The highest BCUT2D eigenvalue weighted by Gasteiger charge is 2.60. The molecule has 3 rings (SSSR count). The molecule has 0 bridgehead atoms. The van der Waals surface area contributed by atoms with E-state index in [2.05, 4.69) is 0 Å². The predicted octanol–water partition coefficient (Wildman–Crippen LogP) is 2.71. The molecular weight excluding hydrogens is 362 g/mol. The Kier molecular flexibility index (Phi) is 5.70. The van der Waals surface area contributed by atoms with Gasteiger partial charge in [0.15, 0.2) is 6.23 Å². The van der Waals surface area contributed by atoms with E-state index < -0.39 is 23.8 Å². The molecule has 2 aliphatic rings. The zero-order valence-corrected chi connectivity index (χ0v) is 15.5. The summed E-state index contributed by atoms with van der Waals surface area (Å²) < 4.78 is 16.1. The predicted molar refractivity (Wildman–Crippen MR) is 93.5 cm³/mol. The Bertz CT molecular complexity index is 663. The summed E-state index contributed by atoms with van der Waals surface area (Å²) in [7, 11) is 0. The number of carbonyl (C=O) groups is 2. The molecule has 0 spiro atoms. The molecule has 2 aliphatic heterocycles. The van der Waals surface area contributed by atoms with Crippen LogP contribution < -0.4 is 5.06 Å². The summed E-state index contributed by atoms with van der Waals surface area (Å²) >= 11 is 6.10. The summed E-state index contributed by atoms with van der Waals surface area (Å²) in [6, 6.07) is 6.95. The highest BCUT2D eigenvalue weighted by Crippen LogP contribution is 2.43. The number of benzene rings is 1. The molecule has 8 heteroatoms. The van der Waals surface area contributed by atoms with Crippen molar-refractivity contribution >= 4 is 29.2 Å². The highest BCUT2D eigenvalue weighted by atomic mass is 35.5. The molecule has 0 aliphatic carbocycles. The van der Waals surface area contributed by atoms with Crippen LogP contribution in [-0.4, -0.2) is 43.6 Å². The summed E-state index contributed by atoms with van der Waals surface area (Å²) in [5.41, 5.74) is -1.27. The van der Waals surface area contributed by atoms with E-state index in [1.165, 1.54) is 5.06 Å². The number of carbonyl (C=O) groups excluding carboxylic acids is 2. The van der Waals surface area contributed by atoms with Gasteiger partial charge in [0.1, 0.15) is 0 Å². The molecule has 0 radical (unpaired) electrons. The number of rotatable bonds is 5.